The first kappa shape index (κ1) is 33.7. The molecule has 4 amide bonds. The number of hydrogen-bond acceptors (Lipinski definition) is 12. The lowest BCUT2D eigenvalue weighted by molar-refractivity contribution is -0.136. The van der Waals surface area contributed by atoms with Gasteiger partial charge in [-0.15, -0.1) is 10.2 Å². The molecule has 14 heteroatoms. The zero-order valence-corrected chi connectivity index (χ0v) is 29.2. The van der Waals surface area contributed by atoms with Crippen LogP contribution in [0.25, 0.3) is 11.5 Å². The molecular formula is C39H35N7O7. The van der Waals surface area contributed by atoms with Gasteiger partial charge >= 0.3 is 6.01 Å². The van der Waals surface area contributed by atoms with Gasteiger partial charge in [-0.05, 0) is 60.0 Å². The van der Waals surface area contributed by atoms with Gasteiger partial charge in [-0.3, -0.25) is 29.4 Å². The van der Waals surface area contributed by atoms with Crippen molar-refractivity contribution in [2.45, 2.75) is 70.1 Å². The number of carbonyl (C=O) groups is 4. The van der Waals surface area contributed by atoms with Crippen LogP contribution in [0.4, 0.5) is 5.69 Å². The fourth-order valence-corrected chi connectivity index (χ4v) is 6.82. The van der Waals surface area contributed by atoms with Gasteiger partial charge in [0.15, 0.2) is 0 Å². The highest BCUT2D eigenvalue weighted by Gasteiger charge is 2.45. The Morgan fingerprint density at radius 2 is 1.51 bits per heavy atom. The number of fused-ring (bicyclic) bond motifs is 1. The fraction of sp³-hybridized carbons (Fsp3) is 0.282. The summed E-state index contributed by atoms with van der Waals surface area (Å²) in [7, 11) is 0. The molecule has 14 nitrogen and oxygen atoms in total. The topological polar surface area (TPSA) is 179 Å². The number of amides is 4. The maximum Gasteiger partial charge on any atom is 0.321 e. The molecule has 4 heterocycles. The van der Waals surface area contributed by atoms with Gasteiger partial charge in [0.05, 0.1) is 16.7 Å². The molecule has 1 saturated carbocycles. The Kier molecular flexibility index (Phi) is 8.44. The van der Waals surface area contributed by atoms with Gasteiger partial charge in [0.25, 0.3) is 17.7 Å². The smallest absolute Gasteiger partial charge is 0.321 e. The highest BCUT2D eigenvalue weighted by molar-refractivity contribution is 6.23. The molecule has 8 rings (SSSR count). The van der Waals surface area contributed by atoms with Crippen molar-refractivity contribution < 1.29 is 33.1 Å². The van der Waals surface area contributed by atoms with Gasteiger partial charge in [-0.1, -0.05) is 38.1 Å². The van der Waals surface area contributed by atoms with Gasteiger partial charge < -0.3 is 19.2 Å². The first-order valence-corrected chi connectivity index (χ1v) is 17.3. The third-order valence-electron chi connectivity index (χ3n) is 9.97. The second-order valence-electron chi connectivity index (χ2n) is 13.9. The van der Waals surface area contributed by atoms with Crippen molar-refractivity contribution in [3.05, 3.63) is 107 Å². The van der Waals surface area contributed by atoms with Crippen LogP contribution in [0.5, 0.6) is 17.5 Å². The van der Waals surface area contributed by atoms with Crippen molar-refractivity contribution in [2.24, 2.45) is 0 Å². The van der Waals surface area contributed by atoms with Crippen molar-refractivity contribution in [2.75, 3.05) is 5.32 Å². The number of imide groups is 2. The minimum atomic E-state index is -0.991. The van der Waals surface area contributed by atoms with E-state index >= 15 is 0 Å². The molecule has 1 aliphatic carbocycles. The number of piperidine rings is 1. The Hall–Kier alpha value is -6.44. The molecule has 2 fully saturated rings. The number of nitrogens with one attached hydrogen (secondary N) is 2. The standard InChI is InChI=1S/C39H35N7O7/c1-21-44-45-35(51-21)22-19-40-38(41-20-22)53-28-11-6-24(7-12-28)39(2,3)23-4-9-27(10-5-23)52-29-16-26(17-29)42-25-8-13-30-31(18-25)37(50)46(36(30)49)32-14-15-33(47)43-34(32)48/h4-13,18-20,26,29,32,42H,14-17H2,1-3H3,(H,43,47,48)/t26-,29-,32?. The molecule has 2 aromatic heterocycles. The molecule has 0 radical (unpaired) electrons. The molecule has 1 unspecified atom stereocenters. The largest absolute Gasteiger partial charge is 0.490 e. The van der Waals surface area contributed by atoms with Crippen molar-refractivity contribution in [1.29, 1.82) is 0 Å². The Morgan fingerprint density at radius 3 is 2.15 bits per heavy atom. The number of anilines is 1. The van der Waals surface area contributed by atoms with Crippen molar-refractivity contribution in [1.82, 2.24) is 30.4 Å². The molecule has 1 atom stereocenters. The normalized spacial score (nSPS) is 19.8. The summed E-state index contributed by atoms with van der Waals surface area (Å²) in [5.74, 6) is 0.128. The van der Waals surface area contributed by atoms with E-state index in [0.29, 0.717) is 28.8 Å². The van der Waals surface area contributed by atoms with Gasteiger partial charge in [-0.25, -0.2) is 9.97 Å². The van der Waals surface area contributed by atoms with E-state index in [2.05, 4.69) is 56.8 Å². The number of hydrogen-bond donors (Lipinski definition) is 2. The summed E-state index contributed by atoms with van der Waals surface area (Å²) in [6, 6.07) is 20.4. The van der Waals surface area contributed by atoms with Gasteiger partial charge in [0, 0.05) is 55.7 Å². The van der Waals surface area contributed by atoms with Crippen LogP contribution in [-0.2, 0) is 15.0 Å². The molecule has 0 spiro atoms. The zero-order valence-electron chi connectivity index (χ0n) is 29.2. The van der Waals surface area contributed by atoms with Crippen molar-refractivity contribution in [3.63, 3.8) is 0 Å². The van der Waals surface area contributed by atoms with Crippen LogP contribution in [0, 0.1) is 6.92 Å². The second-order valence-corrected chi connectivity index (χ2v) is 13.9. The summed E-state index contributed by atoms with van der Waals surface area (Å²) < 4.78 is 17.5. The van der Waals surface area contributed by atoms with Crippen molar-refractivity contribution in [3.8, 4) is 29.0 Å². The average Bonchev–Trinajstić information content (AvgIpc) is 3.68. The molecular weight excluding hydrogens is 678 g/mol. The van der Waals surface area contributed by atoms with Gasteiger partial charge in [0.2, 0.25) is 17.7 Å². The lowest BCUT2D eigenvalue weighted by Gasteiger charge is -2.36. The van der Waals surface area contributed by atoms with E-state index in [1.54, 1.807) is 37.5 Å². The number of rotatable bonds is 10. The summed E-state index contributed by atoms with van der Waals surface area (Å²) in [4.78, 5) is 59.6. The van der Waals surface area contributed by atoms with E-state index in [4.69, 9.17) is 13.9 Å². The van der Waals surface area contributed by atoms with Gasteiger partial charge in [0.1, 0.15) is 23.6 Å². The molecule has 1 saturated heterocycles. The number of aromatic nitrogens is 4. The Morgan fingerprint density at radius 1 is 0.849 bits per heavy atom. The summed E-state index contributed by atoms with van der Waals surface area (Å²) in [5.41, 5.74) is 3.77. The molecule has 53 heavy (non-hydrogen) atoms. The molecule has 2 N–H and O–H groups in total. The third-order valence-corrected chi connectivity index (χ3v) is 9.97. The van der Waals surface area contributed by atoms with E-state index in [-0.39, 0.29) is 47.5 Å². The van der Waals surface area contributed by atoms with Crippen LogP contribution in [0.15, 0.2) is 83.5 Å². The minimum absolute atomic E-state index is 0.0303. The Balaban J connectivity index is 0.829. The predicted molar refractivity (Wildman–Crippen MR) is 189 cm³/mol. The van der Waals surface area contributed by atoms with E-state index in [0.717, 1.165) is 34.6 Å². The molecule has 5 aromatic rings. The second kappa shape index (κ2) is 13.3. The maximum atomic E-state index is 13.2. The molecule has 268 valence electrons. The third kappa shape index (κ3) is 6.59. The Labute approximate surface area is 303 Å². The number of nitrogens with zero attached hydrogens (tertiary/aromatic N) is 5. The van der Waals surface area contributed by atoms with Crippen LogP contribution < -0.4 is 20.1 Å². The molecule has 0 bridgehead atoms. The summed E-state index contributed by atoms with van der Waals surface area (Å²) in [5, 5.41) is 13.4. The quantitative estimate of drug-likeness (QED) is 0.177. The van der Waals surface area contributed by atoms with Crippen molar-refractivity contribution >= 4 is 29.3 Å². The lowest BCUT2D eigenvalue weighted by atomic mass is 9.78. The van der Waals surface area contributed by atoms with Crippen LogP contribution in [0.1, 0.15) is 77.3 Å². The Bertz CT molecular complexity index is 2230. The average molecular weight is 714 g/mol. The van der Waals surface area contributed by atoms with E-state index in [1.165, 1.54) is 0 Å². The number of aryl methyl sites for hydroxylation is 1. The number of ether oxygens (including phenoxy) is 2. The highest BCUT2D eigenvalue weighted by atomic mass is 16.5. The molecule has 2 aliphatic heterocycles. The SMILES string of the molecule is Cc1nnc(-c2cnc(Oc3ccc(C(C)(C)c4ccc(O[C@H]5C[C@H](Nc6ccc7c(c6)C(=O)N(C6CCC(=O)NC6=O)C7=O)C5)cc4)cc3)nc2)o1. The molecule has 3 aromatic carbocycles. The van der Waals surface area contributed by atoms with Crippen LogP contribution in [0.2, 0.25) is 0 Å². The minimum Gasteiger partial charge on any atom is -0.490 e. The van der Waals surface area contributed by atoms with Crippen LogP contribution in [0.3, 0.4) is 0 Å². The van der Waals surface area contributed by atoms with E-state index in [1.807, 2.05) is 36.4 Å². The van der Waals surface area contributed by atoms with E-state index in [9.17, 15) is 19.2 Å². The summed E-state index contributed by atoms with van der Waals surface area (Å²) in [6.07, 6.45) is 4.91. The maximum absolute atomic E-state index is 13.2. The van der Waals surface area contributed by atoms with Crippen LogP contribution >= 0.6 is 0 Å². The molecule has 3 aliphatic rings. The number of benzene rings is 3. The highest BCUT2D eigenvalue weighted by Crippen LogP contribution is 2.36. The fourth-order valence-electron chi connectivity index (χ4n) is 6.82. The summed E-state index contributed by atoms with van der Waals surface area (Å²) >= 11 is 0. The van der Waals surface area contributed by atoms with E-state index < -0.39 is 29.7 Å². The predicted octanol–water partition coefficient (Wildman–Crippen LogP) is 5.38. The van der Waals surface area contributed by atoms with Crippen LogP contribution in [-0.4, -0.2) is 66.9 Å². The lowest BCUT2D eigenvalue weighted by Crippen LogP contribution is -2.54. The monoisotopic (exact) mass is 713 g/mol. The first-order chi connectivity index (χ1) is 25.5. The zero-order chi connectivity index (χ0) is 36.9. The first-order valence-electron chi connectivity index (χ1n) is 17.3. The number of carbonyl (C=O) groups excluding carboxylic acids is 4. The summed E-state index contributed by atoms with van der Waals surface area (Å²) in [6.45, 7) is 6.04. The van der Waals surface area contributed by atoms with Gasteiger partial charge in [-0.2, -0.15) is 0 Å².